The predicted molar refractivity (Wildman–Crippen MR) is 82.6 cm³/mol. The third kappa shape index (κ3) is 3.71. The molecule has 0 saturated carbocycles. The fourth-order valence-electron chi connectivity index (χ4n) is 2.24. The van der Waals surface area contributed by atoms with Crippen LogP contribution in [0.1, 0.15) is 19.8 Å². The van der Waals surface area contributed by atoms with E-state index in [4.69, 9.17) is 0 Å². The van der Waals surface area contributed by atoms with Gasteiger partial charge in [0.2, 0.25) is 23.8 Å². The molecule has 0 aliphatic carbocycles. The molecule has 1 aromatic rings. The van der Waals surface area contributed by atoms with E-state index in [1.54, 1.807) is 33.0 Å². The molecule has 2 heterocycles. The summed E-state index contributed by atoms with van der Waals surface area (Å²) in [6.45, 7) is 3.71. The maximum absolute atomic E-state index is 11.9. The molecule has 2 N–H and O–H groups in total. The second-order valence-electron chi connectivity index (χ2n) is 5.33. The van der Waals surface area contributed by atoms with Gasteiger partial charge in [-0.25, -0.2) is 0 Å². The van der Waals surface area contributed by atoms with Crippen molar-refractivity contribution < 1.29 is 4.79 Å². The van der Waals surface area contributed by atoms with Gasteiger partial charge in [0.1, 0.15) is 6.04 Å². The van der Waals surface area contributed by atoms with Crippen LogP contribution in [0.5, 0.6) is 0 Å². The van der Waals surface area contributed by atoms with Gasteiger partial charge >= 0.3 is 0 Å². The van der Waals surface area contributed by atoms with Crippen molar-refractivity contribution in [3.05, 3.63) is 0 Å². The number of nitrogens with zero attached hydrogens (tertiary/aromatic N) is 5. The number of likely N-dealkylation sites (N-methyl/N-ethyl adjacent to an activating group) is 1. The van der Waals surface area contributed by atoms with Gasteiger partial charge in [0, 0.05) is 34.2 Å². The molecule has 0 radical (unpaired) electrons. The molecule has 1 aromatic heterocycles. The van der Waals surface area contributed by atoms with E-state index in [9.17, 15) is 4.79 Å². The number of hydrogen-bond acceptors (Lipinski definition) is 7. The Morgan fingerprint density at radius 1 is 1.19 bits per heavy atom. The van der Waals surface area contributed by atoms with Crippen LogP contribution in [0.3, 0.4) is 0 Å². The van der Waals surface area contributed by atoms with Crippen molar-refractivity contribution in [2.75, 3.05) is 49.8 Å². The molecule has 8 nitrogen and oxygen atoms in total. The Morgan fingerprint density at radius 3 is 2.38 bits per heavy atom. The lowest BCUT2D eigenvalue weighted by atomic mass is 10.3. The lowest BCUT2D eigenvalue weighted by molar-refractivity contribution is -0.129. The summed E-state index contributed by atoms with van der Waals surface area (Å²) in [5.74, 6) is 1.54. The standard InChI is InChI=1S/C13H23N7O/c1-9(10(21)19(3)4)15-12-16-11(14-2)17-13(18-12)20-7-5-6-8-20/h9H,5-8H2,1-4H3,(H2,14,15,16,17,18). The molecule has 8 heteroatoms. The van der Waals surface area contributed by atoms with Crippen LogP contribution in [0.15, 0.2) is 0 Å². The molecule has 0 bridgehead atoms. The van der Waals surface area contributed by atoms with Crippen molar-refractivity contribution >= 4 is 23.8 Å². The van der Waals surface area contributed by atoms with Gasteiger partial charge < -0.3 is 20.4 Å². The molecular formula is C13H23N7O. The fraction of sp³-hybridized carbons (Fsp3) is 0.692. The van der Waals surface area contributed by atoms with E-state index < -0.39 is 6.04 Å². The average Bonchev–Trinajstić information content (AvgIpc) is 3.00. The highest BCUT2D eigenvalue weighted by molar-refractivity contribution is 5.83. The number of aromatic nitrogens is 3. The zero-order valence-electron chi connectivity index (χ0n) is 13.1. The summed E-state index contributed by atoms with van der Waals surface area (Å²) in [5.41, 5.74) is 0. The first kappa shape index (κ1) is 15.3. The number of carbonyl (C=O) groups excluding carboxylic acids is 1. The van der Waals surface area contributed by atoms with E-state index in [0.29, 0.717) is 17.8 Å². The Labute approximate surface area is 125 Å². The molecule has 1 amide bonds. The Bertz CT molecular complexity index is 499. The second-order valence-corrected chi connectivity index (χ2v) is 5.33. The molecule has 1 atom stereocenters. The number of carbonyl (C=O) groups is 1. The molecule has 0 spiro atoms. The van der Waals surface area contributed by atoms with Crippen molar-refractivity contribution in [3.63, 3.8) is 0 Å². The van der Waals surface area contributed by atoms with E-state index in [2.05, 4.69) is 30.5 Å². The Morgan fingerprint density at radius 2 is 1.81 bits per heavy atom. The van der Waals surface area contributed by atoms with Gasteiger partial charge in [0.15, 0.2) is 0 Å². The molecule has 1 unspecified atom stereocenters. The minimum atomic E-state index is -0.390. The molecule has 2 rings (SSSR count). The first-order valence-electron chi connectivity index (χ1n) is 7.17. The van der Waals surface area contributed by atoms with Gasteiger partial charge in [-0.3, -0.25) is 4.79 Å². The highest BCUT2D eigenvalue weighted by atomic mass is 16.2. The molecule has 0 aromatic carbocycles. The summed E-state index contributed by atoms with van der Waals surface area (Å²) in [7, 11) is 5.21. The lowest BCUT2D eigenvalue weighted by Gasteiger charge is -2.20. The quantitative estimate of drug-likeness (QED) is 0.812. The molecule has 116 valence electrons. The minimum absolute atomic E-state index is 0.0239. The molecule has 1 saturated heterocycles. The van der Waals surface area contributed by atoms with Gasteiger partial charge in [-0.05, 0) is 19.8 Å². The number of hydrogen-bond donors (Lipinski definition) is 2. The number of amides is 1. The van der Waals surface area contributed by atoms with E-state index in [1.165, 1.54) is 0 Å². The molecule has 1 fully saturated rings. The van der Waals surface area contributed by atoms with Crippen LogP contribution < -0.4 is 15.5 Å². The fourth-order valence-corrected chi connectivity index (χ4v) is 2.24. The largest absolute Gasteiger partial charge is 0.357 e. The first-order valence-corrected chi connectivity index (χ1v) is 7.17. The SMILES string of the molecule is CNc1nc(NC(C)C(=O)N(C)C)nc(N2CCCC2)n1. The van der Waals surface area contributed by atoms with Crippen LogP contribution in [-0.2, 0) is 4.79 Å². The average molecular weight is 293 g/mol. The van der Waals surface area contributed by atoms with Crippen LogP contribution in [0.25, 0.3) is 0 Å². The zero-order valence-corrected chi connectivity index (χ0v) is 13.1. The maximum Gasteiger partial charge on any atom is 0.244 e. The van der Waals surface area contributed by atoms with Crippen molar-refractivity contribution in [2.45, 2.75) is 25.8 Å². The highest BCUT2D eigenvalue weighted by Crippen LogP contribution is 2.18. The normalized spacial score (nSPS) is 15.7. The molecular weight excluding hydrogens is 270 g/mol. The summed E-state index contributed by atoms with van der Waals surface area (Å²) < 4.78 is 0. The molecule has 1 aliphatic heterocycles. The third-order valence-corrected chi connectivity index (χ3v) is 3.39. The highest BCUT2D eigenvalue weighted by Gasteiger charge is 2.20. The summed E-state index contributed by atoms with van der Waals surface area (Å²) in [6, 6.07) is -0.390. The van der Waals surface area contributed by atoms with Crippen molar-refractivity contribution in [3.8, 4) is 0 Å². The van der Waals surface area contributed by atoms with Crippen LogP contribution >= 0.6 is 0 Å². The van der Waals surface area contributed by atoms with Gasteiger partial charge in [-0.2, -0.15) is 15.0 Å². The Kier molecular flexibility index (Phi) is 4.77. The van der Waals surface area contributed by atoms with Crippen LogP contribution in [0.2, 0.25) is 0 Å². The number of nitrogens with one attached hydrogen (secondary N) is 2. The van der Waals surface area contributed by atoms with Gasteiger partial charge in [0.05, 0.1) is 0 Å². The summed E-state index contributed by atoms with van der Waals surface area (Å²) in [6.07, 6.45) is 2.30. The topological polar surface area (TPSA) is 86.3 Å². The number of rotatable bonds is 5. The molecule has 21 heavy (non-hydrogen) atoms. The second kappa shape index (κ2) is 6.55. The van der Waals surface area contributed by atoms with Crippen LogP contribution in [0, 0.1) is 0 Å². The first-order chi connectivity index (χ1) is 10.0. The lowest BCUT2D eigenvalue weighted by Crippen LogP contribution is -2.37. The van der Waals surface area contributed by atoms with E-state index >= 15 is 0 Å². The van der Waals surface area contributed by atoms with Crippen molar-refractivity contribution in [2.24, 2.45) is 0 Å². The number of anilines is 3. The van der Waals surface area contributed by atoms with Crippen LogP contribution in [0.4, 0.5) is 17.8 Å². The van der Waals surface area contributed by atoms with Crippen LogP contribution in [-0.4, -0.2) is 66.0 Å². The summed E-state index contributed by atoms with van der Waals surface area (Å²) in [4.78, 5) is 28.6. The van der Waals surface area contributed by atoms with Crippen molar-refractivity contribution in [1.82, 2.24) is 19.9 Å². The maximum atomic E-state index is 11.9. The van der Waals surface area contributed by atoms with Crippen molar-refractivity contribution in [1.29, 1.82) is 0 Å². The van der Waals surface area contributed by atoms with E-state index in [-0.39, 0.29) is 5.91 Å². The smallest absolute Gasteiger partial charge is 0.244 e. The van der Waals surface area contributed by atoms with Gasteiger partial charge in [-0.1, -0.05) is 0 Å². The Hall–Kier alpha value is -2.12. The van der Waals surface area contributed by atoms with E-state index in [1.807, 2.05) is 0 Å². The monoisotopic (exact) mass is 293 g/mol. The molecule has 1 aliphatic rings. The van der Waals surface area contributed by atoms with Gasteiger partial charge in [0.25, 0.3) is 0 Å². The minimum Gasteiger partial charge on any atom is -0.357 e. The van der Waals surface area contributed by atoms with E-state index in [0.717, 1.165) is 25.9 Å². The third-order valence-electron chi connectivity index (χ3n) is 3.39. The Balaban J connectivity index is 2.18. The summed E-state index contributed by atoms with van der Waals surface area (Å²) >= 11 is 0. The predicted octanol–water partition coefficient (Wildman–Crippen LogP) is 0.402. The summed E-state index contributed by atoms with van der Waals surface area (Å²) in [5, 5.41) is 5.97. The zero-order chi connectivity index (χ0) is 15.4. The van der Waals surface area contributed by atoms with Gasteiger partial charge in [-0.15, -0.1) is 0 Å².